The van der Waals surface area contributed by atoms with Gasteiger partial charge in [0.15, 0.2) is 0 Å². The number of nitrogens with zero attached hydrogens (tertiary/aromatic N) is 1. The predicted octanol–water partition coefficient (Wildman–Crippen LogP) is 2.85. The Morgan fingerprint density at radius 1 is 1.36 bits per heavy atom. The molecule has 3 heteroatoms. The molecule has 0 spiro atoms. The van der Waals surface area contributed by atoms with Crippen molar-refractivity contribution in [2.45, 2.75) is 52.5 Å². The van der Waals surface area contributed by atoms with Crippen LogP contribution in [0.2, 0.25) is 0 Å². The number of hydrogen-bond acceptors (Lipinski definition) is 3. The number of hydrogen-bond donors (Lipinski definition) is 1. The summed E-state index contributed by atoms with van der Waals surface area (Å²) in [4.78, 5) is 5.97. The van der Waals surface area contributed by atoms with Crippen molar-refractivity contribution in [1.29, 1.82) is 0 Å². The first-order valence-electron chi connectivity index (χ1n) is 5.22. The molecule has 0 saturated carbocycles. The van der Waals surface area contributed by atoms with Gasteiger partial charge in [0.1, 0.15) is 0 Å². The van der Waals surface area contributed by atoms with Crippen LogP contribution in [-0.2, 0) is 6.42 Å². The van der Waals surface area contributed by atoms with Crippen LogP contribution in [0.1, 0.15) is 48.7 Å². The topological polar surface area (TPSA) is 38.9 Å². The van der Waals surface area contributed by atoms with Crippen LogP contribution < -0.4 is 5.73 Å². The third-order valence-electron chi connectivity index (χ3n) is 2.23. The highest BCUT2D eigenvalue weighted by Gasteiger charge is 2.10. The molecule has 0 aliphatic heterocycles. The van der Waals surface area contributed by atoms with Gasteiger partial charge in [0.2, 0.25) is 0 Å². The maximum absolute atomic E-state index is 5.74. The van der Waals surface area contributed by atoms with Crippen LogP contribution in [0.3, 0.4) is 0 Å². The third kappa shape index (κ3) is 3.07. The fraction of sp³-hybridized carbons (Fsp3) is 0.727. The second kappa shape index (κ2) is 4.89. The standard InChI is InChI=1S/C11H20N2S/c1-7(2)11-13-9(4)10(14-11)6-5-8(3)12/h7-8H,5-6,12H2,1-4H3. The monoisotopic (exact) mass is 212 g/mol. The van der Waals surface area contributed by atoms with Gasteiger partial charge >= 0.3 is 0 Å². The molecule has 2 N–H and O–H groups in total. The highest BCUT2D eigenvalue weighted by atomic mass is 32.1. The molecule has 0 aliphatic rings. The maximum Gasteiger partial charge on any atom is 0.0956 e. The van der Waals surface area contributed by atoms with Gasteiger partial charge in [-0.3, -0.25) is 0 Å². The van der Waals surface area contributed by atoms with Crippen LogP contribution in [0, 0.1) is 6.92 Å². The third-order valence-corrected chi connectivity index (χ3v) is 3.75. The van der Waals surface area contributed by atoms with Crippen molar-refractivity contribution in [3.05, 3.63) is 15.6 Å². The molecule has 0 aliphatic carbocycles. The number of aromatic nitrogens is 1. The zero-order chi connectivity index (χ0) is 10.7. The lowest BCUT2D eigenvalue weighted by Crippen LogP contribution is -2.15. The zero-order valence-corrected chi connectivity index (χ0v) is 10.3. The molecular weight excluding hydrogens is 192 g/mol. The molecule has 0 saturated heterocycles. The number of rotatable bonds is 4. The minimum atomic E-state index is 0.291. The van der Waals surface area contributed by atoms with E-state index in [4.69, 9.17) is 5.73 Å². The molecule has 0 fully saturated rings. The molecule has 14 heavy (non-hydrogen) atoms. The van der Waals surface area contributed by atoms with Crippen molar-refractivity contribution in [2.75, 3.05) is 0 Å². The van der Waals surface area contributed by atoms with E-state index in [1.165, 1.54) is 15.6 Å². The van der Waals surface area contributed by atoms with Crippen molar-refractivity contribution >= 4 is 11.3 Å². The van der Waals surface area contributed by atoms with Gasteiger partial charge < -0.3 is 5.73 Å². The van der Waals surface area contributed by atoms with E-state index in [0.717, 1.165) is 12.8 Å². The summed E-state index contributed by atoms with van der Waals surface area (Å²) in [5, 5.41) is 1.25. The Morgan fingerprint density at radius 3 is 2.43 bits per heavy atom. The highest BCUT2D eigenvalue weighted by molar-refractivity contribution is 7.11. The van der Waals surface area contributed by atoms with Gasteiger partial charge in [-0.25, -0.2) is 4.98 Å². The van der Waals surface area contributed by atoms with Crippen molar-refractivity contribution in [2.24, 2.45) is 5.73 Å². The molecule has 1 unspecified atom stereocenters. The van der Waals surface area contributed by atoms with E-state index in [1.54, 1.807) is 0 Å². The molecule has 1 aromatic rings. The average molecular weight is 212 g/mol. The lowest BCUT2D eigenvalue weighted by atomic mass is 10.1. The van der Waals surface area contributed by atoms with Gasteiger partial charge in [0.05, 0.1) is 10.7 Å². The van der Waals surface area contributed by atoms with Crippen molar-refractivity contribution in [3.63, 3.8) is 0 Å². The molecule has 1 rings (SSSR count). The molecule has 0 bridgehead atoms. The summed E-state index contributed by atoms with van der Waals surface area (Å²) in [5.74, 6) is 0.544. The summed E-state index contributed by atoms with van der Waals surface area (Å²) >= 11 is 1.84. The molecule has 0 radical (unpaired) electrons. The normalized spacial score (nSPS) is 13.6. The highest BCUT2D eigenvalue weighted by Crippen LogP contribution is 2.25. The van der Waals surface area contributed by atoms with E-state index in [2.05, 4.69) is 32.7 Å². The van der Waals surface area contributed by atoms with Gasteiger partial charge in [-0.2, -0.15) is 0 Å². The molecular formula is C11H20N2S. The largest absolute Gasteiger partial charge is 0.328 e. The summed E-state index contributed by atoms with van der Waals surface area (Å²) < 4.78 is 0. The van der Waals surface area contributed by atoms with E-state index in [-0.39, 0.29) is 0 Å². The Balaban J connectivity index is 2.67. The minimum Gasteiger partial charge on any atom is -0.328 e. The molecule has 0 aromatic carbocycles. The first-order chi connectivity index (χ1) is 6.50. The van der Waals surface area contributed by atoms with Gasteiger partial charge in [-0.05, 0) is 26.7 Å². The van der Waals surface area contributed by atoms with Crippen molar-refractivity contribution in [1.82, 2.24) is 4.98 Å². The molecule has 1 aromatic heterocycles. The molecule has 2 nitrogen and oxygen atoms in total. The van der Waals surface area contributed by atoms with Crippen molar-refractivity contribution in [3.8, 4) is 0 Å². The second-order valence-corrected chi connectivity index (χ2v) is 5.35. The summed E-state index contributed by atoms with van der Waals surface area (Å²) in [6, 6.07) is 0.291. The SMILES string of the molecule is Cc1nc(C(C)C)sc1CCC(C)N. The Morgan fingerprint density at radius 2 is 2.00 bits per heavy atom. The predicted molar refractivity (Wildman–Crippen MR) is 62.9 cm³/mol. The number of aryl methyl sites for hydroxylation is 2. The minimum absolute atomic E-state index is 0.291. The van der Waals surface area contributed by atoms with Crippen LogP contribution >= 0.6 is 11.3 Å². The first-order valence-corrected chi connectivity index (χ1v) is 6.04. The zero-order valence-electron chi connectivity index (χ0n) is 9.50. The fourth-order valence-corrected chi connectivity index (χ4v) is 2.37. The van der Waals surface area contributed by atoms with Gasteiger partial charge in [-0.1, -0.05) is 13.8 Å². The summed E-state index contributed by atoms with van der Waals surface area (Å²) in [7, 11) is 0. The van der Waals surface area contributed by atoms with E-state index in [9.17, 15) is 0 Å². The molecule has 0 amide bonds. The molecule has 80 valence electrons. The summed E-state index contributed by atoms with van der Waals surface area (Å²) in [5.41, 5.74) is 6.93. The second-order valence-electron chi connectivity index (χ2n) is 4.23. The smallest absolute Gasteiger partial charge is 0.0956 e. The number of thiazole rings is 1. The van der Waals surface area contributed by atoms with Crippen LogP contribution in [0.4, 0.5) is 0 Å². The number of nitrogens with two attached hydrogens (primary N) is 1. The van der Waals surface area contributed by atoms with Gasteiger partial charge in [0, 0.05) is 16.8 Å². The van der Waals surface area contributed by atoms with E-state index >= 15 is 0 Å². The summed E-state index contributed by atoms with van der Waals surface area (Å²) in [6.45, 7) is 8.53. The van der Waals surface area contributed by atoms with E-state index in [0.29, 0.717) is 12.0 Å². The Kier molecular flexibility index (Phi) is 4.08. The van der Waals surface area contributed by atoms with Crippen LogP contribution in [0.5, 0.6) is 0 Å². The lowest BCUT2D eigenvalue weighted by molar-refractivity contribution is 0.668. The van der Waals surface area contributed by atoms with Crippen LogP contribution in [0.25, 0.3) is 0 Å². The van der Waals surface area contributed by atoms with Gasteiger partial charge in [-0.15, -0.1) is 11.3 Å². The lowest BCUT2D eigenvalue weighted by Gasteiger charge is -2.02. The quantitative estimate of drug-likeness (QED) is 0.833. The fourth-order valence-electron chi connectivity index (χ4n) is 1.29. The van der Waals surface area contributed by atoms with Crippen molar-refractivity contribution < 1.29 is 0 Å². The molecule has 1 atom stereocenters. The average Bonchev–Trinajstić information content (AvgIpc) is 2.43. The van der Waals surface area contributed by atoms with Crippen LogP contribution in [0.15, 0.2) is 0 Å². The van der Waals surface area contributed by atoms with Gasteiger partial charge in [0.25, 0.3) is 0 Å². The van der Waals surface area contributed by atoms with Crippen LogP contribution in [-0.4, -0.2) is 11.0 Å². The maximum atomic E-state index is 5.74. The Bertz CT molecular complexity index is 289. The Hall–Kier alpha value is -0.410. The first kappa shape index (κ1) is 11.7. The summed E-state index contributed by atoms with van der Waals surface area (Å²) in [6.07, 6.45) is 2.13. The molecule has 1 heterocycles. The van der Waals surface area contributed by atoms with E-state index in [1.807, 2.05) is 11.3 Å². The van der Waals surface area contributed by atoms with E-state index < -0.39 is 0 Å². The Labute approximate surface area is 90.6 Å².